The van der Waals surface area contributed by atoms with E-state index in [9.17, 15) is 14.7 Å². The zero-order chi connectivity index (χ0) is 17.2. The molecule has 0 aliphatic rings. The highest BCUT2D eigenvalue weighted by molar-refractivity contribution is 6.36. The molecular weight excluding hydrogens is 294 g/mol. The van der Waals surface area contributed by atoms with Crippen molar-refractivity contribution in [2.24, 2.45) is 5.92 Å². The van der Waals surface area contributed by atoms with Crippen LogP contribution in [0, 0.1) is 5.92 Å². The molecule has 0 aliphatic heterocycles. The number of nitrogens with one attached hydrogen (secondary N) is 1. The molecule has 0 unspecified atom stereocenters. The van der Waals surface area contributed by atoms with Crippen LogP contribution < -0.4 is 10.1 Å². The van der Waals surface area contributed by atoms with E-state index in [0.717, 1.165) is 12.0 Å². The van der Waals surface area contributed by atoms with Crippen molar-refractivity contribution in [2.45, 2.75) is 39.7 Å². The van der Waals surface area contributed by atoms with Crippen molar-refractivity contribution < 1.29 is 19.4 Å². The zero-order valence-electron chi connectivity index (χ0n) is 14.0. The Kier molecular flexibility index (Phi) is 7.88. The quantitative estimate of drug-likeness (QED) is 0.417. The van der Waals surface area contributed by atoms with E-state index in [1.165, 1.54) is 13.2 Å². The van der Waals surface area contributed by atoms with Crippen molar-refractivity contribution in [3.63, 3.8) is 0 Å². The Morgan fingerprint density at radius 1 is 1.35 bits per heavy atom. The van der Waals surface area contributed by atoms with Gasteiger partial charge in [0.1, 0.15) is 0 Å². The Balaban J connectivity index is 2.37. The monoisotopic (exact) mass is 319 g/mol. The number of aromatic hydroxyl groups is 1. The lowest BCUT2D eigenvalue weighted by Crippen LogP contribution is -2.30. The molecule has 0 bridgehead atoms. The van der Waals surface area contributed by atoms with E-state index in [4.69, 9.17) is 4.74 Å². The minimum Gasteiger partial charge on any atom is -0.504 e. The van der Waals surface area contributed by atoms with Gasteiger partial charge in [-0.3, -0.25) is 9.59 Å². The number of hydrogen-bond donors (Lipinski definition) is 2. The molecule has 5 nitrogen and oxygen atoms in total. The largest absolute Gasteiger partial charge is 0.504 e. The average molecular weight is 319 g/mol. The summed E-state index contributed by atoms with van der Waals surface area (Å²) in [6.45, 7) is 4.40. The molecule has 0 aliphatic carbocycles. The third-order valence-corrected chi connectivity index (χ3v) is 3.25. The molecule has 0 aromatic heterocycles. The Morgan fingerprint density at radius 3 is 2.74 bits per heavy atom. The number of amides is 1. The van der Waals surface area contributed by atoms with Crippen LogP contribution in [0.3, 0.4) is 0 Å². The van der Waals surface area contributed by atoms with Gasteiger partial charge in [0.05, 0.1) is 7.11 Å². The lowest BCUT2D eigenvalue weighted by molar-refractivity contribution is -0.138. The highest BCUT2D eigenvalue weighted by atomic mass is 16.5. The van der Waals surface area contributed by atoms with Gasteiger partial charge in [-0.1, -0.05) is 32.1 Å². The van der Waals surface area contributed by atoms with Crippen molar-refractivity contribution >= 4 is 11.7 Å². The molecule has 0 spiro atoms. The van der Waals surface area contributed by atoms with Crippen LogP contribution in [0.5, 0.6) is 11.5 Å². The molecule has 5 heteroatoms. The average Bonchev–Trinajstić information content (AvgIpc) is 2.52. The van der Waals surface area contributed by atoms with Crippen LogP contribution in [-0.4, -0.2) is 23.9 Å². The topological polar surface area (TPSA) is 75.6 Å². The molecule has 0 saturated carbocycles. The lowest BCUT2D eigenvalue weighted by Gasteiger charge is -2.08. The van der Waals surface area contributed by atoms with Crippen molar-refractivity contribution in [3.8, 4) is 11.5 Å². The first-order valence-electron chi connectivity index (χ1n) is 7.77. The number of hydrogen-bond acceptors (Lipinski definition) is 4. The molecule has 126 valence electrons. The molecule has 1 amide bonds. The van der Waals surface area contributed by atoms with Crippen molar-refractivity contribution in [1.29, 1.82) is 0 Å². The summed E-state index contributed by atoms with van der Waals surface area (Å²) in [6, 6.07) is 4.78. The van der Waals surface area contributed by atoms with Gasteiger partial charge in [-0.2, -0.15) is 0 Å². The van der Waals surface area contributed by atoms with E-state index in [1.54, 1.807) is 12.1 Å². The maximum absolute atomic E-state index is 11.8. The van der Waals surface area contributed by atoms with E-state index >= 15 is 0 Å². The Bertz CT molecular complexity index is 564. The van der Waals surface area contributed by atoms with Crippen molar-refractivity contribution in [3.05, 3.63) is 35.9 Å². The molecule has 0 fully saturated rings. The van der Waals surface area contributed by atoms with E-state index in [-0.39, 0.29) is 18.7 Å². The number of methoxy groups -OCH3 is 1. The molecule has 2 N–H and O–H groups in total. The Labute approximate surface area is 137 Å². The van der Waals surface area contributed by atoms with Crippen LogP contribution in [-0.2, 0) is 16.1 Å². The van der Waals surface area contributed by atoms with E-state index in [2.05, 4.69) is 25.2 Å². The second-order valence-electron chi connectivity index (χ2n) is 5.68. The summed E-state index contributed by atoms with van der Waals surface area (Å²) in [5.74, 6) is -0.122. The number of carbonyl (C=O) groups is 2. The number of phenolic OH excluding ortho intramolecular Hbond substituents is 1. The van der Waals surface area contributed by atoms with Crippen LogP contribution in [0.4, 0.5) is 0 Å². The minimum atomic E-state index is -0.579. The smallest absolute Gasteiger partial charge is 0.287 e. The number of rotatable bonds is 9. The maximum Gasteiger partial charge on any atom is 0.287 e. The third kappa shape index (κ3) is 7.00. The summed E-state index contributed by atoms with van der Waals surface area (Å²) >= 11 is 0. The van der Waals surface area contributed by atoms with Gasteiger partial charge in [0.15, 0.2) is 11.5 Å². The number of benzene rings is 1. The van der Waals surface area contributed by atoms with Crippen molar-refractivity contribution in [2.75, 3.05) is 7.11 Å². The number of ketones is 1. The van der Waals surface area contributed by atoms with Crippen LogP contribution in [0.1, 0.15) is 38.7 Å². The molecular formula is C18H25NO4. The summed E-state index contributed by atoms with van der Waals surface area (Å²) in [4.78, 5) is 23.5. The second kappa shape index (κ2) is 9.66. The maximum atomic E-state index is 11.8. The fourth-order valence-corrected chi connectivity index (χ4v) is 1.98. The third-order valence-electron chi connectivity index (χ3n) is 3.25. The second-order valence-corrected chi connectivity index (χ2v) is 5.68. The molecule has 0 radical (unpaired) electrons. The summed E-state index contributed by atoms with van der Waals surface area (Å²) in [5, 5.41) is 12.1. The molecule has 1 aromatic carbocycles. The number of allylic oxidation sites excluding steroid dienone is 2. The molecule has 1 aromatic rings. The van der Waals surface area contributed by atoms with Gasteiger partial charge in [0.25, 0.3) is 5.91 Å². The van der Waals surface area contributed by atoms with Crippen LogP contribution in [0.2, 0.25) is 0 Å². The van der Waals surface area contributed by atoms with Crippen molar-refractivity contribution in [1.82, 2.24) is 5.32 Å². The van der Waals surface area contributed by atoms with Gasteiger partial charge in [-0.15, -0.1) is 0 Å². The molecule has 0 atom stereocenters. The number of phenols is 1. The van der Waals surface area contributed by atoms with E-state index < -0.39 is 11.7 Å². The predicted octanol–water partition coefficient (Wildman–Crippen LogP) is 2.97. The normalized spacial score (nSPS) is 11.0. The molecule has 1 rings (SSSR count). The summed E-state index contributed by atoms with van der Waals surface area (Å²) in [6.07, 6.45) is 5.84. The number of carbonyl (C=O) groups excluding carboxylic acids is 2. The van der Waals surface area contributed by atoms with Gasteiger partial charge in [-0.25, -0.2) is 0 Å². The summed E-state index contributed by atoms with van der Waals surface area (Å²) in [7, 11) is 1.45. The molecule has 23 heavy (non-hydrogen) atoms. The first kappa shape index (κ1) is 18.7. The highest BCUT2D eigenvalue weighted by Crippen LogP contribution is 2.26. The number of ether oxygens (including phenoxy) is 1. The lowest BCUT2D eigenvalue weighted by atomic mass is 10.1. The van der Waals surface area contributed by atoms with Gasteiger partial charge >= 0.3 is 0 Å². The fourth-order valence-electron chi connectivity index (χ4n) is 1.98. The van der Waals surface area contributed by atoms with Crippen LogP contribution in [0.15, 0.2) is 30.4 Å². The van der Waals surface area contributed by atoms with E-state index in [0.29, 0.717) is 18.1 Å². The Morgan fingerprint density at radius 2 is 2.09 bits per heavy atom. The Hall–Kier alpha value is -2.30. The summed E-state index contributed by atoms with van der Waals surface area (Å²) in [5.41, 5.74) is 0.751. The standard InChI is InChI=1S/C18H25NO4/c1-13(2)7-5-4-6-8-16(21)18(22)19-12-14-9-10-15(20)17(11-14)23-3/h5,7,9-11,13,20H,4,6,8,12H2,1-3H3,(H,19,22)/b7-5+. The predicted molar refractivity (Wildman–Crippen MR) is 89.3 cm³/mol. The fraction of sp³-hybridized carbons (Fsp3) is 0.444. The SMILES string of the molecule is COc1cc(CNC(=O)C(=O)CCC/C=C/C(C)C)ccc1O. The van der Waals surface area contributed by atoms with Crippen LogP contribution in [0.25, 0.3) is 0 Å². The number of unbranched alkanes of at least 4 members (excludes halogenated alkanes) is 1. The van der Waals surface area contributed by atoms with Gasteiger partial charge in [0.2, 0.25) is 5.78 Å². The molecule has 0 saturated heterocycles. The first-order chi connectivity index (χ1) is 10.9. The molecule has 0 heterocycles. The first-order valence-corrected chi connectivity index (χ1v) is 7.77. The van der Waals surface area contributed by atoms with Gasteiger partial charge in [-0.05, 0) is 36.5 Å². The van der Waals surface area contributed by atoms with E-state index in [1.807, 2.05) is 6.08 Å². The van der Waals surface area contributed by atoms with Gasteiger partial charge in [0, 0.05) is 13.0 Å². The van der Waals surface area contributed by atoms with Crippen LogP contribution >= 0.6 is 0 Å². The summed E-state index contributed by atoms with van der Waals surface area (Å²) < 4.78 is 5.00. The number of Topliss-reactive ketones (excluding diaryl/α,β-unsaturated/α-hetero) is 1. The minimum absolute atomic E-state index is 0.0353. The highest BCUT2D eigenvalue weighted by Gasteiger charge is 2.12. The van der Waals surface area contributed by atoms with Gasteiger partial charge < -0.3 is 15.2 Å². The zero-order valence-corrected chi connectivity index (χ0v) is 14.0.